The molecule has 0 radical (unpaired) electrons. The molecule has 0 aliphatic carbocycles. The average Bonchev–Trinajstić information content (AvgIpc) is 2.65. The predicted octanol–water partition coefficient (Wildman–Crippen LogP) is 2.47. The first-order valence-corrected chi connectivity index (χ1v) is 8.30. The first-order valence-electron chi connectivity index (χ1n) is 8.30. The van der Waals surface area contributed by atoms with Crippen LogP contribution in [-0.2, 0) is 9.59 Å². The van der Waals surface area contributed by atoms with Gasteiger partial charge in [0.2, 0.25) is 0 Å². The highest BCUT2D eigenvalue weighted by atomic mass is 16.4. The molecule has 0 bridgehead atoms. The standard InChI is InChI=1S/C19H23N3O3/c1-21-18(23)16(17(20)19(24)25)7-5-6-14-8-10-15(11-9-14)22-12-3-2-4-13-22/h5-11,20H,2-4,12-13H2,1H3,(H,21,23)(H,24,25)/b6-5+,16-7-,20-17?. The summed E-state index contributed by atoms with van der Waals surface area (Å²) in [5.74, 6) is -2.04. The van der Waals surface area contributed by atoms with Crippen LogP contribution in [-0.4, -0.2) is 42.8 Å². The van der Waals surface area contributed by atoms with Gasteiger partial charge in [0.15, 0.2) is 5.71 Å². The molecule has 25 heavy (non-hydrogen) atoms. The van der Waals surface area contributed by atoms with Crippen LogP contribution in [0.1, 0.15) is 24.8 Å². The third kappa shape index (κ3) is 5.04. The number of hydrogen-bond acceptors (Lipinski definition) is 4. The summed E-state index contributed by atoms with van der Waals surface area (Å²) in [4.78, 5) is 25.0. The number of likely N-dealkylation sites (N-methyl/N-ethyl adjacent to an activating group) is 1. The Kier molecular flexibility index (Phi) is 6.51. The minimum absolute atomic E-state index is 0.184. The summed E-state index contributed by atoms with van der Waals surface area (Å²) in [7, 11) is 1.40. The molecule has 0 unspecified atom stereocenters. The molecule has 3 N–H and O–H groups in total. The highest BCUT2D eigenvalue weighted by Gasteiger charge is 2.18. The number of carboxylic acids is 1. The van der Waals surface area contributed by atoms with Crippen molar-refractivity contribution in [2.24, 2.45) is 0 Å². The number of rotatable bonds is 6. The van der Waals surface area contributed by atoms with E-state index in [-0.39, 0.29) is 5.57 Å². The zero-order valence-corrected chi connectivity index (χ0v) is 14.3. The Labute approximate surface area is 147 Å². The minimum Gasteiger partial charge on any atom is -0.477 e. The first-order chi connectivity index (χ1) is 12.0. The van der Waals surface area contributed by atoms with Gasteiger partial charge in [-0.1, -0.05) is 24.3 Å². The summed E-state index contributed by atoms with van der Waals surface area (Å²) < 4.78 is 0. The zero-order chi connectivity index (χ0) is 18.2. The van der Waals surface area contributed by atoms with E-state index in [1.807, 2.05) is 12.1 Å². The van der Waals surface area contributed by atoms with Crippen molar-refractivity contribution in [1.82, 2.24) is 5.32 Å². The van der Waals surface area contributed by atoms with E-state index in [2.05, 4.69) is 22.3 Å². The second-order valence-electron chi connectivity index (χ2n) is 5.84. The molecule has 1 aromatic carbocycles. The van der Waals surface area contributed by atoms with Crippen LogP contribution in [0.25, 0.3) is 6.08 Å². The van der Waals surface area contributed by atoms with Gasteiger partial charge in [-0.25, -0.2) is 4.79 Å². The third-order valence-electron chi connectivity index (χ3n) is 4.12. The Morgan fingerprint density at radius 3 is 2.36 bits per heavy atom. The predicted molar refractivity (Wildman–Crippen MR) is 99.1 cm³/mol. The lowest BCUT2D eigenvalue weighted by atomic mass is 10.1. The van der Waals surface area contributed by atoms with Gasteiger partial charge in [0.1, 0.15) is 0 Å². The number of hydrogen-bond donors (Lipinski definition) is 3. The van der Waals surface area contributed by atoms with E-state index in [0.717, 1.165) is 18.7 Å². The maximum atomic E-state index is 11.7. The maximum Gasteiger partial charge on any atom is 0.354 e. The Balaban J connectivity index is 2.09. The molecule has 2 rings (SSSR count). The van der Waals surface area contributed by atoms with Crippen LogP contribution >= 0.6 is 0 Å². The van der Waals surface area contributed by atoms with Crippen molar-refractivity contribution in [3.63, 3.8) is 0 Å². The topological polar surface area (TPSA) is 93.5 Å². The average molecular weight is 341 g/mol. The molecule has 0 saturated carbocycles. The van der Waals surface area contributed by atoms with Crippen molar-refractivity contribution in [3.8, 4) is 0 Å². The number of piperidine rings is 1. The molecule has 1 aromatic rings. The van der Waals surface area contributed by atoms with Crippen LogP contribution in [0, 0.1) is 5.41 Å². The summed E-state index contributed by atoms with van der Waals surface area (Å²) >= 11 is 0. The lowest BCUT2D eigenvalue weighted by molar-refractivity contribution is -0.129. The maximum absolute atomic E-state index is 11.7. The van der Waals surface area contributed by atoms with Crippen LogP contribution in [0.15, 0.2) is 42.0 Å². The minimum atomic E-state index is -1.44. The second kappa shape index (κ2) is 8.82. The number of benzene rings is 1. The molecule has 1 amide bonds. The highest BCUT2D eigenvalue weighted by molar-refractivity contribution is 6.47. The van der Waals surface area contributed by atoms with E-state index in [0.29, 0.717) is 0 Å². The summed E-state index contributed by atoms with van der Waals surface area (Å²) in [6.07, 6.45) is 8.45. The molecular weight excluding hydrogens is 318 g/mol. The Bertz CT molecular complexity index is 699. The molecule has 0 spiro atoms. The van der Waals surface area contributed by atoms with Gasteiger partial charge in [0.25, 0.3) is 5.91 Å². The van der Waals surface area contributed by atoms with E-state index in [9.17, 15) is 9.59 Å². The number of carboxylic acid groups (broad SMARTS) is 1. The SMILES string of the molecule is CNC(=O)/C(=C\C=C\c1ccc(N2CCCCC2)cc1)C(=N)C(=O)O. The first kappa shape index (κ1) is 18.4. The summed E-state index contributed by atoms with van der Waals surface area (Å²) in [6.45, 7) is 2.18. The lowest BCUT2D eigenvalue weighted by Crippen LogP contribution is -2.29. The monoisotopic (exact) mass is 341 g/mol. The largest absolute Gasteiger partial charge is 0.477 e. The Morgan fingerprint density at radius 2 is 1.80 bits per heavy atom. The summed E-state index contributed by atoms with van der Waals surface area (Å²) in [5.41, 5.74) is 1.22. The van der Waals surface area contributed by atoms with E-state index in [1.54, 1.807) is 12.2 Å². The fraction of sp³-hybridized carbons (Fsp3) is 0.316. The van der Waals surface area contributed by atoms with Crippen molar-refractivity contribution in [3.05, 3.63) is 47.6 Å². The fourth-order valence-corrected chi connectivity index (χ4v) is 2.73. The molecule has 0 atom stereocenters. The van der Waals surface area contributed by atoms with Gasteiger partial charge >= 0.3 is 5.97 Å². The summed E-state index contributed by atoms with van der Waals surface area (Å²) in [6, 6.07) is 8.09. The molecule has 1 saturated heterocycles. The van der Waals surface area contributed by atoms with Crippen LogP contribution in [0.3, 0.4) is 0 Å². The summed E-state index contributed by atoms with van der Waals surface area (Å²) in [5, 5.41) is 18.7. The number of carbonyl (C=O) groups excluding carboxylic acids is 1. The molecule has 1 fully saturated rings. The van der Waals surface area contributed by atoms with E-state index < -0.39 is 17.6 Å². The Morgan fingerprint density at radius 1 is 1.16 bits per heavy atom. The van der Waals surface area contributed by atoms with Crippen LogP contribution in [0.5, 0.6) is 0 Å². The van der Waals surface area contributed by atoms with E-state index in [1.165, 1.54) is 38.1 Å². The number of anilines is 1. The molecule has 6 heteroatoms. The quantitative estimate of drug-likeness (QED) is 0.421. The van der Waals surface area contributed by atoms with Gasteiger partial charge in [0.05, 0.1) is 5.57 Å². The zero-order valence-electron chi connectivity index (χ0n) is 14.3. The van der Waals surface area contributed by atoms with Gasteiger partial charge < -0.3 is 15.3 Å². The van der Waals surface area contributed by atoms with Crippen molar-refractivity contribution in [1.29, 1.82) is 5.41 Å². The molecule has 6 nitrogen and oxygen atoms in total. The van der Waals surface area contributed by atoms with Crippen molar-refractivity contribution < 1.29 is 14.7 Å². The van der Waals surface area contributed by atoms with Crippen molar-refractivity contribution in [2.75, 3.05) is 25.0 Å². The smallest absolute Gasteiger partial charge is 0.354 e. The molecular formula is C19H23N3O3. The number of aliphatic carboxylic acids is 1. The normalized spacial score (nSPS) is 15.2. The van der Waals surface area contributed by atoms with Gasteiger partial charge in [0, 0.05) is 25.8 Å². The molecule has 1 aliphatic heterocycles. The number of allylic oxidation sites excluding steroid dienone is 2. The van der Waals surface area contributed by atoms with Gasteiger partial charge in [-0.15, -0.1) is 0 Å². The van der Waals surface area contributed by atoms with Crippen LogP contribution < -0.4 is 10.2 Å². The van der Waals surface area contributed by atoms with Gasteiger partial charge in [-0.2, -0.15) is 0 Å². The molecule has 1 aliphatic rings. The number of amides is 1. The van der Waals surface area contributed by atoms with E-state index in [4.69, 9.17) is 10.5 Å². The molecule has 0 aromatic heterocycles. The van der Waals surface area contributed by atoms with Crippen LogP contribution in [0.2, 0.25) is 0 Å². The number of carbonyl (C=O) groups is 2. The fourth-order valence-electron chi connectivity index (χ4n) is 2.73. The van der Waals surface area contributed by atoms with Crippen molar-refractivity contribution in [2.45, 2.75) is 19.3 Å². The Hall–Kier alpha value is -2.89. The third-order valence-corrected chi connectivity index (χ3v) is 4.12. The van der Waals surface area contributed by atoms with Crippen molar-refractivity contribution >= 4 is 29.4 Å². The van der Waals surface area contributed by atoms with Gasteiger partial charge in [-0.3, -0.25) is 10.2 Å². The highest BCUT2D eigenvalue weighted by Crippen LogP contribution is 2.20. The molecule has 132 valence electrons. The second-order valence-corrected chi connectivity index (χ2v) is 5.84. The molecule has 1 heterocycles. The van der Waals surface area contributed by atoms with Crippen LogP contribution in [0.4, 0.5) is 5.69 Å². The van der Waals surface area contributed by atoms with Gasteiger partial charge in [-0.05, 0) is 43.0 Å². The number of nitrogens with zero attached hydrogens (tertiary/aromatic N) is 1. The lowest BCUT2D eigenvalue weighted by Gasteiger charge is -2.28. The van der Waals surface area contributed by atoms with E-state index >= 15 is 0 Å². The number of nitrogens with one attached hydrogen (secondary N) is 2.